The monoisotopic (exact) mass is 357 g/mol. The van der Waals surface area contributed by atoms with Gasteiger partial charge < -0.3 is 4.52 Å². The fourth-order valence-corrected chi connectivity index (χ4v) is 3.50. The summed E-state index contributed by atoms with van der Waals surface area (Å²) in [6.45, 7) is 9.58. The largest absolute Gasteiger partial charge is 0.339 e. The molecule has 3 heterocycles. The summed E-state index contributed by atoms with van der Waals surface area (Å²) in [6, 6.07) is 3.47. The molecule has 2 aliphatic rings. The molecule has 2 fully saturated rings. The van der Waals surface area contributed by atoms with Crippen molar-refractivity contribution in [3.8, 4) is 0 Å². The molecule has 7 nitrogen and oxygen atoms in total. The molecule has 4 rings (SSSR count). The lowest BCUT2D eigenvalue weighted by atomic mass is 9.85. The van der Waals surface area contributed by atoms with Crippen molar-refractivity contribution in [2.75, 3.05) is 13.1 Å². The second-order valence-electron chi connectivity index (χ2n) is 8.73. The first-order valence-corrected chi connectivity index (χ1v) is 9.52. The Morgan fingerprint density at radius 2 is 2.00 bits per heavy atom. The van der Waals surface area contributed by atoms with E-state index in [2.05, 4.69) is 40.9 Å². The Labute approximate surface area is 153 Å². The fourth-order valence-electron chi connectivity index (χ4n) is 3.50. The van der Waals surface area contributed by atoms with Crippen LogP contribution in [0.1, 0.15) is 63.4 Å². The van der Waals surface area contributed by atoms with Crippen LogP contribution < -0.4 is 5.56 Å². The Morgan fingerprint density at radius 1 is 1.23 bits per heavy atom. The maximum Gasteiger partial charge on any atom is 0.266 e. The molecule has 1 aliphatic carbocycles. The van der Waals surface area contributed by atoms with Crippen LogP contribution in [0.3, 0.4) is 0 Å². The third-order valence-corrected chi connectivity index (χ3v) is 5.40. The van der Waals surface area contributed by atoms with Crippen molar-refractivity contribution >= 4 is 0 Å². The maximum atomic E-state index is 12.1. The number of rotatable bonds is 5. The van der Waals surface area contributed by atoms with Gasteiger partial charge in [0.05, 0.1) is 18.8 Å². The number of aromatic nitrogens is 4. The van der Waals surface area contributed by atoms with E-state index in [0.29, 0.717) is 18.4 Å². The Morgan fingerprint density at radius 3 is 2.65 bits per heavy atom. The van der Waals surface area contributed by atoms with E-state index in [1.54, 1.807) is 10.7 Å². The lowest BCUT2D eigenvalue weighted by Crippen LogP contribution is -2.49. The molecule has 2 aromatic heterocycles. The van der Waals surface area contributed by atoms with Gasteiger partial charge in [-0.2, -0.15) is 10.1 Å². The number of likely N-dealkylation sites (tertiary alicyclic amines) is 1. The molecule has 1 aliphatic heterocycles. The molecule has 0 unspecified atom stereocenters. The number of nitrogens with zero attached hydrogens (tertiary/aromatic N) is 5. The van der Waals surface area contributed by atoms with Crippen LogP contribution in [0.25, 0.3) is 0 Å². The Hall–Kier alpha value is -2.02. The lowest BCUT2D eigenvalue weighted by Gasteiger charge is -2.38. The van der Waals surface area contributed by atoms with E-state index in [1.165, 1.54) is 19.3 Å². The van der Waals surface area contributed by atoms with Gasteiger partial charge in [0.15, 0.2) is 5.82 Å². The highest BCUT2D eigenvalue weighted by molar-refractivity contribution is 5.10. The van der Waals surface area contributed by atoms with Gasteiger partial charge >= 0.3 is 0 Å². The second kappa shape index (κ2) is 6.61. The molecule has 0 amide bonds. The summed E-state index contributed by atoms with van der Waals surface area (Å²) in [5.74, 6) is 2.50. The van der Waals surface area contributed by atoms with Crippen LogP contribution in [0.4, 0.5) is 0 Å². The van der Waals surface area contributed by atoms with Crippen molar-refractivity contribution < 1.29 is 4.52 Å². The first kappa shape index (κ1) is 17.4. The standard InChI is InChI=1S/C19H27N5O2/c1-19(2,3)15-7-8-17(25)24(21-15)11-13-9-23(10-13)12-16-20-18(26-22-16)14-5-4-6-14/h7-8,13-14H,4-6,9-12H2,1-3H3. The molecule has 0 radical (unpaired) electrons. The molecule has 0 atom stereocenters. The minimum Gasteiger partial charge on any atom is -0.339 e. The predicted octanol–water partition coefficient (Wildman–Crippen LogP) is 2.32. The minimum absolute atomic E-state index is 0.0280. The van der Waals surface area contributed by atoms with Crippen molar-refractivity contribution in [2.45, 2.75) is 64.5 Å². The van der Waals surface area contributed by atoms with Crippen LogP contribution >= 0.6 is 0 Å². The predicted molar refractivity (Wildman–Crippen MR) is 96.9 cm³/mol. The maximum absolute atomic E-state index is 12.1. The summed E-state index contributed by atoms with van der Waals surface area (Å²) >= 11 is 0. The van der Waals surface area contributed by atoms with Crippen molar-refractivity contribution in [2.24, 2.45) is 5.92 Å². The van der Waals surface area contributed by atoms with E-state index in [0.717, 1.165) is 37.0 Å². The fraction of sp³-hybridized carbons (Fsp3) is 0.684. The molecule has 0 bridgehead atoms. The zero-order chi connectivity index (χ0) is 18.3. The summed E-state index contributed by atoms with van der Waals surface area (Å²) in [7, 11) is 0. The van der Waals surface area contributed by atoms with Crippen molar-refractivity contribution in [1.29, 1.82) is 0 Å². The van der Waals surface area contributed by atoms with Crippen LogP contribution in [-0.2, 0) is 18.5 Å². The molecule has 1 saturated heterocycles. The molecule has 0 spiro atoms. The van der Waals surface area contributed by atoms with Crippen molar-refractivity contribution in [1.82, 2.24) is 24.8 Å². The van der Waals surface area contributed by atoms with Crippen LogP contribution in [0.15, 0.2) is 21.5 Å². The molecular weight excluding hydrogens is 330 g/mol. The van der Waals surface area contributed by atoms with Crippen LogP contribution in [0, 0.1) is 5.92 Å². The van der Waals surface area contributed by atoms with Crippen LogP contribution in [-0.4, -0.2) is 37.9 Å². The lowest BCUT2D eigenvalue weighted by molar-refractivity contribution is 0.0729. The normalized spacial score (nSPS) is 19.3. The summed E-state index contributed by atoms with van der Waals surface area (Å²) in [5, 5.41) is 8.67. The minimum atomic E-state index is -0.0577. The van der Waals surface area contributed by atoms with Gasteiger partial charge in [0.25, 0.3) is 5.56 Å². The molecule has 140 valence electrons. The first-order valence-electron chi connectivity index (χ1n) is 9.52. The van der Waals surface area contributed by atoms with E-state index in [9.17, 15) is 4.79 Å². The molecular formula is C19H27N5O2. The molecule has 0 N–H and O–H groups in total. The Bertz CT molecular complexity index is 825. The first-order chi connectivity index (χ1) is 12.4. The number of hydrogen-bond donors (Lipinski definition) is 0. The van der Waals surface area contributed by atoms with Crippen LogP contribution in [0.5, 0.6) is 0 Å². The Balaban J connectivity index is 1.31. The zero-order valence-electron chi connectivity index (χ0n) is 15.8. The van der Waals surface area contributed by atoms with Gasteiger partial charge in [-0.05, 0) is 18.9 Å². The van der Waals surface area contributed by atoms with Gasteiger partial charge in [-0.3, -0.25) is 9.69 Å². The van der Waals surface area contributed by atoms with Crippen molar-refractivity contribution in [3.05, 3.63) is 39.9 Å². The summed E-state index contributed by atoms with van der Waals surface area (Å²) in [5.41, 5.74) is 0.862. The molecule has 7 heteroatoms. The summed E-state index contributed by atoms with van der Waals surface area (Å²) in [4.78, 5) is 18.9. The topological polar surface area (TPSA) is 77.0 Å². The van der Waals surface area contributed by atoms with Gasteiger partial charge in [0, 0.05) is 36.4 Å². The Kier molecular flexibility index (Phi) is 4.42. The molecule has 26 heavy (non-hydrogen) atoms. The summed E-state index contributed by atoms with van der Waals surface area (Å²) < 4.78 is 6.99. The summed E-state index contributed by atoms with van der Waals surface area (Å²) in [6.07, 6.45) is 3.60. The van der Waals surface area contributed by atoms with E-state index in [4.69, 9.17) is 4.52 Å². The van der Waals surface area contributed by atoms with E-state index < -0.39 is 0 Å². The number of hydrogen-bond acceptors (Lipinski definition) is 6. The van der Waals surface area contributed by atoms with E-state index >= 15 is 0 Å². The van der Waals surface area contributed by atoms with E-state index in [-0.39, 0.29) is 11.0 Å². The third kappa shape index (κ3) is 3.58. The highest BCUT2D eigenvalue weighted by Gasteiger charge is 2.30. The zero-order valence-corrected chi connectivity index (χ0v) is 15.8. The van der Waals surface area contributed by atoms with Gasteiger partial charge in [0.2, 0.25) is 5.89 Å². The SMILES string of the molecule is CC(C)(C)c1ccc(=O)n(CC2CN(Cc3noc(C4CCC4)n3)C2)n1. The van der Waals surface area contributed by atoms with Crippen LogP contribution in [0.2, 0.25) is 0 Å². The van der Waals surface area contributed by atoms with Gasteiger partial charge in [-0.15, -0.1) is 0 Å². The molecule has 2 aromatic rings. The van der Waals surface area contributed by atoms with E-state index in [1.807, 2.05) is 6.07 Å². The highest BCUT2D eigenvalue weighted by Crippen LogP contribution is 2.35. The molecule has 1 saturated carbocycles. The average molecular weight is 357 g/mol. The van der Waals surface area contributed by atoms with Crippen molar-refractivity contribution in [3.63, 3.8) is 0 Å². The molecule has 0 aromatic carbocycles. The quantitative estimate of drug-likeness (QED) is 0.817. The second-order valence-corrected chi connectivity index (χ2v) is 8.73. The average Bonchev–Trinajstić information content (AvgIpc) is 2.92. The third-order valence-electron chi connectivity index (χ3n) is 5.40. The highest BCUT2D eigenvalue weighted by atomic mass is 16.5. The van der Waals surface area contributed by atoms with Gasteiger partial charge in [-0.1, -0.05) is 32.3 Å². The van der Waals surface area contributed by atoms with Gasteiger partial charge in [-0.25, -0.2) is 4.68 Å². The smallest absolute Gasteiger partial charge is 0.266 e. The van der Waals surface area contributed by atoms with Gasteiger partial charge in [0.1, 0.15) is 0 Å².